The third-order valence-corrected chi connectivity index (χ3v) is 4.30. The van der Waals surface area contributed by atoms with Crippen molar-refractivity contribution in [3.05, 3.63) is 59.4 Å². The number of hydrogen-bond donors (Lipinski definition) is 1. The molecule has 0 saturated heterocycles. The van der Waals surface area contributed by atoms with Crippen LogP contribution in [0.1, 0.15) is 28.7 Å². The van der Waals surface area contributed by atoms with Crippen molar-refractivity contribution in [3.8, 4) is 5.75 Å². The lowest BCUT2D eigenvalue weighted by molar-refractivity contribution is -0.123. The molecule has 0 aliphatic carbocycles. The lowest BCUT2D eigenvalue weighted by atomic mass is 10.2. The van der Waals surface area contributed by atoms with E-state index in [1.165, 1.54) is 6.92 Å². The molecule has 0 fully saturated rings. The second-order valence-corrected chi connectivity index (χ2v) is 6.37. The SMILES string of the molecule is COc1cccc(NC(=O)[C@H](C)OC(=O)c2ccc3nc(C)c(C)nc3c2)c1. The molecule has 7 heteroatoms. The molecular formula is C21H21N3O4. The minimum absolute atomic E-state index is 0.311. The molecule has 144 valence electrons. The first-order valence-electron chi connectivity index (χ1n) is 8.78. The number of carbonyl (C=O) groups is 2. The molecule has 7 nitrogen and oxygen atoms in total. The van der Waals surface area contributed by atoms with Gasteiger partial charge in [0.25, 0.3) is 5.91 Å². The van der Waals surface area contributed by atoms with Gasteiger partial charge in [-0.25, -0.2) is 14.8 Å². The van der Waals surface area contributed by atoms with Crippen LogP contribution in [0.3, 0.4) is 0 Å². The van der Waals surface area contributed by atoms with Gasteiger partial charge in [-0.3, -0.25) is 4.79 Å². The number of fused-ring (bicyclic) bond motifs is 1. The lowest BCUT2D eigenvalue weighted by Gasteiger charge is -2.14. The third kappa shape index (κ3) is 4.25. The topological polar surface area (TPSA) is 90.4 Å². The second-order valence-electron chi connectivity index (χ2n) is 6.37. The van der Waals surface area contributed by atoms with Gasteiger partial charge in [0, 0.05) is 11.8 Å². The van der Waals surface area contributed by atoms with E-state index in [0.29, 0.717) is 28.0 Å². The third-order valence-electron chi connectivity index (χ3n) is 4.30. The average Bonchev–Trinajstić information content (AvgIpc) is 2.68. The van der Waals surface area contributed by atoms with Crippen molar-refractivity contribution in [3.63, 3.8) is 0 Å². The predicted molar refractivity (Wildman–Crippen MR) is 106 cm³/mol. The fraction of sp³-hybridized carbons (Fsp3) is 0.238. The molecule has 28 heavy (non-hydrogen) atoms. The molecule has 0 bridgehead atoms. The number of amides is 1. The van der Waals surface area contributed by atoms with Gasteiger partial charge in [0.2, 0.25) is 0 Å². The number of aromatic nitrogens is 2. The number of ether oxygens (including phenoxy) is 2. The monoisotopic (exact) mass is 379 g/mol. The number of aryl methyl sites for hydroxylation is 2. The van der Waals surface area contributed by atoms with Gasteiger partial charge in [-0.1, -0.05) is 6.07 Å². The van der Waals surface area contributed by atoms with Gasteiger partial charge in [-0.2, -0.15) is 0 Å². The highest BCUT2D eigenvalue weighted by atomic mass is 16.5. The van der Waals surface area contributed by atoms with Gasteiger partial charge < -0.3 is 14.8 Å². The summed E-state index contributed by atoms with van der Waals surface area (Å²) in [6.45, 7) is 5.26. The first-order valence-corrected chi connectivity index (χ1v) is 8.78. The number of esters is 1. The summed E-state index contributed by atoms with van der Waals surface area (Å²) in [5, 5.41) is 2.70. The highest BCUT2D eigenvalue weighted by Gasteiger charge is 2.20. The number of benzene rings is 2. The normalized spacial score (nSPS) is 11.7. The maximum absolute atomic E-state index is 12.4. The zero-order valence-corrected chi connectivity index (χ0v) is 16.1. The van der Waals surface area contributed by atoms with E-state index in [2.05, 4.69) is 15.3 Å². The van der Waals surface area contributed by atoms with Crippen LogP contribution in [0.5, 0.6) is 5.75 Å². The molecule has 0 aliphatic rings. The van der Waals surface area contributed by atoms with Crippen molar-refractivity contribution in [2.75, 3.05) is 12.4 Å². The zero-order chi connectivity index (χ0) is 20.3. The standard InChI is InChI=1S/C21H21N3O4/c1-12-13(2)23-19-10-15(8-9-18(19)22-12)21(26)28-14(3)20(25)24-16-6-5-7-17(11-16)27-4/h5-11,14H,1-4H3,(H,24,25)/t14-/m0/s1. The number of hydrogen-bond acceptors (Lipinski definition) is 6. The van der Waals surface area contributed by atoms with Crippen molar-refractivity contribution in [1.82, 2.24) is 9.97 Å². The quantitative estimate of drug-likeness (QED) is 0.683. The second kappa shape index (κ2) is 8.04. The highest BCUT2D eigenvalue weighted by Crippen LogP contribution is 2.18. The van der Waals surface area contributed by atoms with E-state index in [1.807, 2.05) is 13.8 Å². The van der Waals surface area contributed by atoms with E-state index < -0.39 is 18.0 Å². The van der Waals surface area contributed by atoms with Crippen molar-refractivity contribution in [2.45, 2.75) is 26.9 Å². The molecule has 1 aromatic heterocycles. The Bertz CT molecular complexity index is 1050. The van der Waals surface area contributed by atoms with Crippen LogP contribution in [0, 0.1) is 13.8 Å². The molecule has 0 radical (unpaired) electrons. The maximum Gasteiger partial charge on any atom is 0.338 e. The Labute approximate surface area is 162 Å². The molecule has 3 rings (SSSR count). The van der Waals surface area contributed by atoms with Gasteiger partial charge in [-0.05, 0) is 51.1 Å². The van der Waals surface area contributed by atoms with Crippen LogP contribution in [-0.4, -0.2) is 35.1 Å². The number of methoxy groups -OCH3 is 1. The van der Waals surface area contributed by atoms with E-state index in [1.54, 1.807) is 49.6 Å². The van der Waals surface area contributed by atoms with Crippen LogP contribution in [0.4, 0.5) is 5.69 Å². The summed E-state index contributed by atoms with van der Waals surface area (Å²) in [5.74, 6) is -0.422. The summed E-state index contributed by atoms with van der Waals surface area (Å²) in [6.07, 6.45) is -0.972. The van der Waals surface area contributed by atoms with Gasteiger partial charge in [-0.15, -0.1) is 0 Å². The molecule has 3 aromatic rings. The number of anilines is 1. The Morgan fingerprint density at radius 3 is 2.43 bits per heavy atom. The lowest BCUT2D eigenvalue weighted by Crippen LogP contribution is -2.30. The highest BCUT2D eigenvalue weighted by molar-refractivity contribution is 5.98. The van der Waals surface area contributed by atoms with Crippen LogP contribution < -0.4 is 10.1 Å². The fourth-order valence-electron chi connectivity index (χ4n) is 2.58. The number of rotatable bonds is 5. The Morgan fingerprint density at radius 1 is 1.00 bits per heavy atom. The summed E-state index contributed by atoms with van der Waals surface area (Å²) in [5.41, 5.74) is 3.80. The minimum atomic E-state index is -0.972. The summed E-state index contributed by atoms with van der Waals surface area (Å²) < 4.78 is 10.4. The number of nitrogens with one attached hydrogen (secondary N) is 1. The molecule has 1 atom stereocenters. The van der Waals surface area contributed by atoms with Crippen LogP contribution in [0.15, 0.2) is 42.5 Å². The van der Waals surface area contributed by atoms with E-state index in [0.717, 1.165) is 11.4 Å². The fourth-order valence-corrected chi connectivity index (χ4v) is 2.58. The largest absolute Gasteiger partial charge is 0.497 e. The average molecular weight is 379 g/mol. The maximum atomic E-state index is 12.4. The Morgan fingerprint density at radius 2 is 1.71 bits per heavy atom. The summed E-state index contributed by atoms with van der Waals surface area (Å²) in [6, 6.07) is 11.9. The van der Waals surface area contributed by atoms with Gasteiger partial charge in [0.15, 0.2) is 6.10 Å². The van der Waals surface area contributed by atoms with Gasteiger partial charge in [0.05, 0.1) is 35.1 Å². The van der Waals surface area contributed by atoms with Crippen LogP contribution in [-0.2, 0) is 9.53 Å². The molecular weight excluding hydrogens is 358 g/mol. The summed E-state index contributed by atoms with van der Waals surface area (Å²) in [7, 11) is 1.54. The van der Waals surface area contributed by atoms with E-state index in [4.69, 9.17) is 9.47 Å². The molecule has 0 spiro atoms. The van der Waals surface area contributed by atoms with Crippen LogP contribution in [0.25, 0.3) is 11.0 Å². The predicted octanol–water partition coefficient (Wildman–Crippen LogP) is 3.44. The van der Waals surface area contributed by atoms with Gasteiger partial charge >= 0.3 is 5.97 Å². The first-order chi connectivity index (χ1) is 13.4. The smallest absolute Gasteiger partial charge is 0.338 e. The molecule has 1 N–H and O–H groups in total. The molecule has 0 saturated carbocycles. The molecule has 2 aromatic carbocycles. The molecule has 0 aliphatic heterocycles. The van der Waals surface area contributed by atoms with Crippen molar-refractivity contribution < 1.29 is 19.1 Å². The molecule has 0 unspecified atom stereocenters. The summed E-state index contributed by atoms with van der Waals surface area (Å²) >= 11 is 0. The van der Waals surface area contributed by atoms with Crippen LogP contribution in [0.2, 0.25) is 0 Å². The van der Waals surface area contributed by atoms with Crippen LogP contribution >= 0.6 is 0 Å². The molecule has 1 heterocycles. The molecule has 1 amide bonds. The summed E-state index contributed by atoms with van der Waals surface area (Å²) in [4.78, 5) is 33.6. The van der Waals surface area contributed by atoms with E-state index in [9.17, 15) is 9.59 Å². The van der Waals surface area contributed by atoms with Crippen molar-refractivity contribution >= 4 is 28.6 Å². The van der Waals surface area contributed by atoms with Gasteiger partial charge in [0.1, 0.15) is 5.75 Å². The van der Waals surface area contributed by atoms with Crippen molar-refractivity contribution in [2.24, 2.45) is 0 Å². The first kappa shape index (κ1) is 19.3. The van der Waals surface area contributed by atoms with E-state index in [-0.39, 0.29) is 0 Å². The number of carbonyl (C=O) groups excluding carboxylic acids is 2. The zero-order valence-electron chi connectivity index (χ0n) is 16.1. The van der Waals surface area contributed by atoms with Crippen molar-refractivity contribution in [1.29, 1.82) is 0 Å². The Balaban J connectivity index is 1.70. The van der Waals surface area contributed by atoms with E-state index >= 15 is 0 Å². The number of nitrogens with zero attached hydrogens (tertiary/aromatic N) is 2. The Kier molecular flexibility index (Phi) is 5.54. The Hall–Kier alpha value is -3.48. The minimum Gasteiger partial charge on any atom is -0.497 e.